The first-order chi connectivity index (χ1) is 56.3. The van der Waals surface area contributed by atoms with E-state index in [0.29, 0.717) is 47.5 Å². The predicted octanol–water partition coefficient (Wildman–Crippen LogP) is 25.6. The lowest BCUT2D eigenvalue weighted by Gasteiger charge is -2.45. The van der Waals surface area contributed by atoms with Gasteiger partial charge in [0.25, 0.3) is 6.71 Å². The van der Waals surface area contributed by atoms with Gasteiger partial charge < -0.3 is 23.8 Å². The second kappa shape index (κ2) is 26.5. The molecular formula is C103H94BN5. The first kappa shape index (κ1) is 59.2. The zero-order valence-electron chi connectivity index (χ0n) is 73.3. The Labute approximate surface area is 656 Å². The van der Waals surface area contributed by atoms with Gasteiger partial charge >= 0.3 is 0 Å². The second-order valence-corrected chi connectivity index (χ2v) is 33.9. The summed E-state index contributed by atoms with van der Waals surface area (Å²) in [4.78, 5) is 6.74. The van der Waals surface area contributed by atoms with Crippen LogP contribution in [0.15, 0.2) is 315 Å². The van der Waals surface area contributed by atoms with Gasteiger partial charge in [-0.25, -0.2) is 0 Å². The lowest BCUT2D eigenvalue weighted by Crippen LogP contribution is -2.62. The van der Waals surface area contributed by atoms with Crippen LogP contribution in [0.25, 0.3) is 82.7 Å². The number of benzene rings is 14. The molecule has 2 aliphatic heterocycles. The molecular weight excluding hydrogens is 1320 g/mol. The fraction of sp³-hybridized carbons (Fsp3) is 0.184. The third-order valence-electron chi connectivity index (χ3n) is 22.7. The van der Waals surface area contributed by atoms with E-state index in [4.69, 9.17) is 4.11 Å². The summed E-state index contributed by atoms with van der Waals surface area (Å²) in [6, 6.07) is 90.1. The average Bonchev–Trinajstić information content (AvgIpc) is 0.846. The first-order valence-electron chi connectivity index (χ1n) is 42.8. The number of aromatic nitrogens is 2. The van der Waals surface area contributed by atoms with E-state index in [-0.39, 0.29) is 63.1 Å². The SMILES string of the molecule is [2H]c1c([2H])c([2H])c(N(c2ccccc2)c2ccc3c(c2)c2c([2H])c([2H])c([2H])c([2H])c2n3-c2ccc3c(c2)N(c2cccc(-c4ccccc4)c2)c2cc(C(C)(C)C)cc4c2B3c2ccc(Cn3c5ccc(C(C)(C)C)cc5c5cc(C(C)(C)C)ccc53)cc2N4CCc2c(-c3ccccc3)cc(C(C)(C)C)cc2-c2ccccc2)c([2H])c1[2H]. The van der Waals surface area contributed by atoms with Crippen molar-refractivity contribution in [2.75, 3.05) is 21.2 Å². The number of hydrogen-bond donors (Lipinski definition) is 0. The van der Waals surface area contributed by atoms with Crippen LogP contribution >= 0.6 is 0 Å². The maximum absolute atomic E-state index is 10.0. The van der Waals surface area contributed by atoms with Gasteiger partial charge in [-0.15, -0.1) is 0 Å². The smallest absolute Gasteiger partial charge is 0.252 e. The summed E-state index contributed by atoms with van der Waals surface area (Å²) >= 11 is 0. The van der Waals surface area contributed by atoms with Gasteiger partial charge in [-0.2, -0.15) is 0 Å². The largest absolute Gasteiger partial charge is 0.342 e. The Balaban J connectivity index is 0.904. The van der Waals surface area contributed by atoms with Crippen LogP contribution in [0.1, 0.15) is 129 Å². The summed E-state index contributed by atoms with van der Waals surface area (Å²) in [6.07, 6.45) is 0.682. The van der Waals surface area contributed by atoms with Crippen LogP contribution < -0.4 is 31.1 Å². The Morgan fingerprint density at radius 2 is 0.881 bits per heavy atom. The van der Waals surface area contributed by atoms with Crippen LogP contribution in [0.4, 0.5) is 45.5 Å². The lowest BCUT2D eigenvalue weighted by molar-refractivity contribution is 0.590. The summed E-state index contributed by atoms with van der Waals surface area (Å²) < 4.78 is 88.1. The van der Waals surface area contributed by atoms with Crippen LogP contribution in [-0.2, 0) is 34.6 Å². The number of rotatable bonds is 13. The van der Waals surface area contributed by atoms with Crippen LogP contribution in [0.5, 0.6) is 0 Å². The zero-order valence-corrected chi connectivity index (χ0v) is 64.3. The Bertz CT molecular complexity index is 6610. The standard InChI is InChI=1S/C103H94BN5/c1-100(2,3)73-46-52-91-86(59-73)87-60-74(101(4,5)6)47-53-92(87)106(91)67-68-45-50-89-95(57-68)105(56-55-82-84(70-33-20-14-21-34-70)61-75(102(7,8)9)62-85(82)71-35-22-15-23-36-71)97-63-76(103(10,11)12)64-98-99(97)104(89)90-51-48-81(66-96(90)109(98)79-42-30-37-72(58-79)69-31-18-13-19-32-69)108-93-44-29-28-43-83(93)88-65-80(49-54-94(88)108)107(77-38-24-16-25-39-77)78-40-26-17-27-41-78/h13-54,57-66H,55-56,67H2,1-12H3/i16D,24D,25D,28D,29D,38D,39D,43D,44D. The molecule has 6 heteroatoms. The molecule has 0 unspecified atom stereocenters. The lowest BCUT2D eigenvalue weighted by atomic mass is 9.33. The van der Waals surface area contributed by atoms with E-state index >= 15 is 0 Å². The summed E-state index contributed by atoms with van der Waals surface area (Å²) in [5, 5.41) is 3.23. The normalized spacial score (nSPS) is 14.2. The summed E-state index contributed by atoms with van der Waals surface area (Å²) in [7, 11) is 0. The van der Waals surface area contributed by atoms with Crippen molar-refractivity contribution in [2.45, 2.75) is 118 Å². The molecule has 2 aromatic heterocycles. The fourth-order valence-corrected chi connectivity index (χ4v) is 16.9. The molecule has 534 valence electrons. The number of nitrogens with zero attached hydrogens (tertiary/aromatic N) is 5. The number of hydrogen-bond acceptors (Lipinski definition) is 3. The quantitative estimate of drug-likeness (QED) is 0.107. The van der Waals surface area contributed by atoms with Crippen molar-refractivity contribution in [1.82, 2.24) is 9.13 Å². The molecule has 0 bridgehead atoms. The first-order valence-corrected chi connectivity index (χ1v) is 38.3. The molecule has 4 heterocycles. The van der Waals surface area contributed by atoms with E-state index in [9.17, 15) is 8.22 Å². The Kier molecular flexibility index (Phi) is 14.4. The molecule has 2 aliphatic rings. The van der Waals surface area contributed by atoms with E-state index in [1.165, 1.54) is 71.8 Å². The molecule has 0 saturated heterocycles. The van der Waals surface area contributed by atoms with E-state index in [0.717, 1.165) is 61.6 Å². The van der Waals surface area contributed by atoms with E-state index in [2.05, 4.69) is 304 Å². The third-order valence-corrected chi connectivity index (χ3v) is 22.7. The van der Waals surface area contributed by atoms with Crippen molar-refractivity contribution in [1.29, 1.82) is 0 Å². The molecule has 5 nitrogen and oxygen atoms in total. The van der Waals surface area contributed by atoms with Crippen LogP contribution in [0.2, 0.25) is 0 Å². The fourth-order valence-electron chi connectivity index (χ4n) is 16.9. The third kappa shape index (κ3) is 12.3. The molecule has 0 aliphatic carbocycles. The molecule has 0 spiro atoms. The van der Waals surface area contributed by atoms with Crippen molar-refractivity contribution in [3.63, 3.8) is 0 Å². The summed E-state index contributed by atoms with van der Waals surface area (Å²) in [5.74, 6) is 0. The van der Waals surface area contributed by atoms with Gasteiger partial charge in [-0.05, 0) is 226 Å². The maximum Gasteiger partial charge on any atom is 0.252 e. The highest BCUT2D eigenvalue weighted by atomic mass is 15.2. The Morgan fingerprint density at radius 1 is 0.349 bits per heavy atom. The van der Waals surface area contributed by atoms with E-state index in [1.54, 1.807) is 4.90 Å². The average molecular weight is 1420 g/mol. The van der Waals surface area contributed by atoms with Crippen LogP contribution in [0, 0.1) is 0 Å². The van der Waals surface area contributed by atoms with E-state index in [1.807, 2.05) is 59.2 Å². The van der Waals surface area contributed by atoms with Gasteiger partial charge in [0.05, 0.1) is 23.4 Å². The topological polar surface area (TPSA) is 19.6 Å². The molecule has 0 N–H and O–H groups in total. The van der Waals surface area contributed by atoms with Gasteiger partial charge in [-0.1, -0.05) is 283 Å². The number of anilines is 8. The summed E-state index contributed by atoms with van der Waals surface area (Å²) in [6.45, 7) is 28.5. The van der Waals surface area contributed by atoms with Crippen molar-refractivity contribution >= 4 is 112 Å². The van der Waals surface area contributed by atoms with Gasteiger partial charge in [0, 0.05) is 96.9 Å². The highest BCUT2D eigenvalue weighted by Crippen LogP contribution is 2.49. The Hall–Kier alpha value is -11.9. The highest BCUT2D eigenvalue weighted by molar-refractivity contribution is 7.00. The predicted molar refractivity (Wildman–Crippen MR) is 468 cm³/mol. The van der Waals surface area contributed by atoms with Crippen molar-refractivity contribution in [3.05, 3.63) is 349 Å². The molecule has 14 aromatic carbocycles. The zero-order chi connectivity index (χ0) is 82.7. The monoisotopic (exact) mass is 1420 g/mol. The van der Waals surface area contributed by atoms with Crippen LogP contribution in [-0.4, -0.2) is 22.4 Å². The minimum atomic E-state index is -0.517. The maximum atomic E-state index is 10.0. The van der Waals surface area contributed by atoms with Gasteiger partial charge in [0.15, 0.2) is 0 Å². The van der Waals surface area contributed by atoms with Crippen molar-refractivity contribution in [2.24, 2.45) is 0 Å². The molecule has 0 fully saturated rings. The van der Waals surface area contributed by atoms with E-state index < -0.39 is 36.3 Å². The molecule has 109 heavy (non-hydrogen) atoms. The number of para-hydroxylation sites is 3. The minimum absolute atomic E-state index is 0.0668. The Morgan fingerprint density at radius 3 is 1.50 bits per heavy atom. The molecule has 0 amide bonds. The second-order valence-electron chi connectivity index (χ2n) is 33.9. The van der Waals surface area contributed by atoms with Gasteiger partial charge in [0.2, 0.25) is 0 Å². The van der Waals surface area contributed by atoms with Crippen LogP contribution in [0.3, 0.4) is 0 Å². The van der Waals surface area contributed by atoms with Crippen molar-refractivity contribution in [3.8, 4) is 39.1 Å². The molecule has 18 rings (SSSR count). The highest BCUT2D eigenvalue weighted by Gasteiger charge is 2.45. The van der Waals surface area contributed by atoms with Gasteiger partial charge in [-0.3, -0.25) is 0 Å². The van der Waals surface area contributed by atoms with Crippen molar-refractivity contribution < 1.29 is 12.3 Å². The molecule has 0 atom stereocenters. The minimum Gasteiger partial charge on any atom is -0.342 e. The van der Waals surface area contributed by atoms with Gasteiger partial charge in [0.1, 0.15) is 0 Å². The molecule has 16 aromatic rings. The summed E-state index contributed by atoms with van der Waals surface area (Å²) in [5.41, 5.74) is 26.8. The molecule has 0 radical (unpaired) electrons. The number of fused-ring (bicyclic) bond motifs is 10. The molecule has 0 saturated carbocycles.